The highest BCUT2D eigenvalue weighted by Gasteiger charge is 2.13. The zero-order valence-electron chi connectivity index (χ0n) is 11.6. The van der Waals surface area contributed by atoms with Crippen LogP contribution in [0.1, 0.15) is 44.5 Å². The van der Waals surface area contributed by atoms with Gasteiger partial charge in [-0.2, -0.15) is 0 Å². The number of hydrogen-bond acceptors (Lipinski definition) is 3. The summed E-state index contributed by atoms with van der Waals surface area (Å²) in [4.78, 5) is 12.1. The maximum absolute atomic E-state index is 12.1. The second kappa shape index (κ2) is 6.28. The highest BCUT2D eigenvalue weighted by atomic mass is 16.1. The normalized spacial score (nSPS) is 12.3. The first kappa shape index (κ1) is 14.4. The topological polar surface area (TPSA) is 67.1 Å². The van der Waals surface area contributed by atoms with E-state index in [-0.39, 0.29) is 11.9 Å². The van der Waals surface area contributed by atoms with Crippen molar-refractivity contribution in [1.29, 1.82) is 0 Å². The molecule has 0 saturated carbocycles. The molecule has 0 fully saturated rings. The van der Waals surface area contributed by atoms with Crippen LogP contribution in [0.15, 0.2) is 18.2 Å². The van der Waals surface area contributed by atoms with Crippen molar-refractivity contribution in [3.8, 4) is 0 Å². The van der Waals surface area contributed by atoms with E-state index >= 15 is 0 Å². The van der Waals surface area contributed by atoms with Crippen LogP contribution in [0.2, 0.25) is 0 Å². The molecule has 4 nitrogen and oxygen atoms in total. The Kier molecular flexibility index (Phi) is 5.01. The Morgan fingerprint density at radius 3 is 2.56 bits per heavy atom. The minimum absolute atomic E-state index is 0.0943. The van der Waals surface area contributed by atoms with E-state index in [1.165, 1.54) is 0 Å². The lowest BCUT2D eigenvalue weighted by molar-refractivity contribution is 0.0944. The molecule has 0 aromatic heterocycles. The maximum atomic E-state index is 12.1. The molecule has 0 aliphatic carbocycles. The number of rotatable bonds is 5. The van der Waals surface area contributed by atoms with Gasteiger partial charge in [0.2, 0.25) is 0 Å². The fourth-order valence-electron chi connectivity index (χ4n) is 1.58. The van der Waals surface area contributed by atoms with Gasteiger partial charge < -0.3 is 16.4 Å². The summed E-state index contributed by atoms with van der Waals surface area (Å²) < 4.78 is 0. The predicted octanol–water partition coefficient (Wildman–Crippen LogP) is 2.62. The Labute approximate surface area is 109 Å². The molecule has 1 aromatic carbocycles. The summed E-state index contributed by atoms with van der Waals surface area (Å²) in [5, 5.41) is 6.21. The summed E-state index contributed by atoms with van der Waals surface area (Å²) in [6.07, 6.45) is 0.996. The van der Waals surface area contributed by atoms with Gasteiger partial charge in [0.05, 0.1) is 5.56 Å². The Morgan fingerprint density at radius 1 is 1.33 bits per heavy atom. The van der Waals surface area contributed by atoms with Crippen LogP contribution in [0.3, 0.4) is 0 Å². The fourth-order valence-corrected chi connectivity index (χ4v) is 1.58. The molecule has 100 valence electrons. The van der Waals surface area contributed by atoms with Crippen molar-refractivity contribution in [1.82, 2.24) is 5.32 Å². The van der Waals surface area contributed by atoms with Gasteiger partial charge in [0.1, 0.15) is 0 Å². The number of nitrogens with one attached hydrogen (secondary N) is 2. The van der Waals surface area contributed by atoms with Gasteiger partial charge in [-0.15, -0.1) is 0 Å². The van der Waals surface area contributed by atoms with E-state index in [0.29, 0.717) is 17.3 Å². The van der Waals surface area contributed by atoms with Gasteiger partial charge >= 0.3 is 0 Å². The van der Waals surface area contributed by atoms with Crippen molar-refractivity contribution in [2.24, 2.45) is 0 Å². The summed E-state index contributed by atoms with van der Waals surface area (Å²) >= 11 is 0. The first-order chi connectivity index (χ1) is 8.43. The molecule has 0 aliphatic heterocycles. The summed E-state index contributed by atoms with van der Waals surface area (Å²) in [6, 6.07) is 5.80. The molecule has 0 saturated heterocycles. The molecular formula is C14H23N3O. The monoisotopic (exact) mass is 249 g/mol. The molecule has 0 radical (unpaired) electrons. The lowest BCUT2D eigenvalue weighted by Gasteiger charge is -2.18. The van der Waals surface area contributed by atoms with E-state index in [9.17, 15) is 4.79 Å². The molecule has 0 spiro atoms. The lowest BCUT2D eigenvalue weighted by atomic mass is 10.1. The zero-order valence-corrected chi connectivity index (χ0v) is 11.6. The third kappa shape index (κ3) is 3.95. The third-order valence-corrected chi connectivity index (χ3v) is 2.72. The minimum atomic E-state index is -0.0943. The third-order valence-electron chi connectivity index (χ3n) is 2.72. The molecule has 1 rings (SSSR count). The van der Waals surface area contributed by atoms with Crippen molar-refractivity contribution >= 4 is 17.3 Å². The Morgan fingerprint density at radius 2 is 2.00 bits per heavy atom. The number of nitrogen functional groups attached to an aromatic ring is 1. The molecule has 4 heteroatoms. The number of hydrogen-bond donors (Lipinski definition) is 3. The van der Waals surface area contributed by atoms with Crippen LogP contribution in [-0.2, 0) is 0 Å². The van der Waals surface area contributed by atoms with Crippen LogP contribution in [-0.4, -0.2) is 18.0 Å². The molecule has 0 unspecified atom stereocenters. The summed E-state index contributed by atoms with van der Waals surface area (Å²) in [5.74, 6) is -0.0943. The molecule has 0 aliphatic rings. The molecule has 0 heterocycles. The van der Waals surface area contributed by atoms with E-state index in [2.05, 4.69) is 24.5 Å². The molecule has 1 aromatic rings. The number of anilines is 2. The van der Waals surface area contributed by atoms with Gasteiger partial charge in [0, 0.05) is 23.5 Å². The Balaban J connectivity index is 2.99. The Bertz CT molecular complexity index is 416. The number of benzene rings is 1. The molecule has 1 amide bonds. The van der Waals surface area contributed by atoms with E-state index in [1.54, 1.807) is 12.1 Å². The second-order valence-electron chi connectivity index (χ2n) is 4.89. The molecular weight excluding hydrogens is 226 g/mol. The van der Waals surface area contributed by atoms with Crippen molar-refractivity contribution in [3.05, 3.63) is 23.8 Å². The summed E-state index contributed by atoms with van der Waals surface area (Å²) in [5.41, 5.74) is 7.78. The largest absolute Gasteiger partial charge is 0.399 e. The van der Waals surface area contributed by atoms with Crippen molar-refractivity contribution in [2.75, 3.05) is 11.1 Å². The predicted molar refractivity (Wildman–Crippen MR) is 76.8 cm³/mol. The molecule has 0 bridgehead atoms. The number of carbonyl (C=O) groups is 1. The number of amides is 1. The van der Waals surface area contributed by atoms with Gasteiger partial charge in [0.25, 0.3) is 5.91 Å². The van der Waals surface area contributed by atoms with Gasteiger partial charge in [-0.25, -0.2) is 0 Å². The summed E-state index contributed by atoms with van der Waals surface area (Å²) in [6.45, 7) is 8.06. The van der Waals surface area contributed by atoms with E-state index in [1.807, 2.05) is 19.9 Å². The van der Waals surface area contributed by atoms with E-state index < -0.39 is 0 Å². The van der Waals surface area contributed by atoms with E-state index in [0.717, 1.165) is 12.1 Å². The quantitative estimate of drug-likeness (QED) is 0.703. The van der Waals surface area contributed by atoms with Crippen LogP contribution in [0.25, 0.3) is 0 Å². The van der Waals surface area contributed by atoms with Gasteiger partial charge in [0.15, 0.2) is 0 Å². The van der Waals surface area contributed by atoms with Crippen LogP contribution in [0, 0.1) is 0 Å². The lowest BCUT2D eigenvalue weighted by Crippen LogP contribution is -2.31. The molecule has 18 heavy (non-hydrogen) atoms. The summed E-state index contributed by atoms with van der Waals surface area (Å²) in [7, 11) is 0. The second-order valence-corrected chi connectivity index (χ2v) is 4.89. The van der Waals surface area contributed by atoms with Crippen LogP contribution in [0.4, 0.5) is 11.4 Å². The van der Waals surface area contributed by atoms with Crippen molar-refractivity contribution in [2.45, 2.75) is 46.2 Å². The highest BCUT2D eigenvalue weighted by molar-refractivity contribution is 6.00. The van der Waals surface area contributed by atoms with E-state index in [4.69, 9.17) is 5.73 Å². The zero-order chi connectivity index (χ0) is 13.7. The first-order valence-corrected chi connectivity index (χ1v) is 6.41. The van der Waals surface area contributed by atoms with Crippen molar-refractivity contribution in [3.63, 3.8) is 0 Å². The van der Waals surface area contributed by atoms with Crippen molar-refractivity contribution < 1.29 is 4.79 Å². The number of nitrogens with two attached hydrogens (primary N) is 1. The van der Waals surface area contributed by atoms with Crippen LogP contribution >= 0.6 is 0 Å². The highest BCUT2D eigenvalue weighted by Crippen LogP contribution is 2.20. The molecule has 4 N–H and O–H groups in total. The minimum Gasteiger partial charge on any atom is -0.399 e. The van der Waals surface area contributed by atoms with Crippen LogP contribution in [0.5, 0.6) is 0 Å². The van der Waals surface area contributed by atoms with Gasteiger partial charge in [-0.3, -0.25) is 4.79 Å². The number of carbonyl (C=O) groups excluding carboxylic acids is 1. The first-order valence-electron chi connectivity index (χ1n) is 6.41. The average molecular weight is 249 g/mol. The fraction of sp³-hybridized carbons (Fsp3) is 0.500. The van der Waals surface area contributed by atoms with Gasteiger partial charge in [-0.1, -0.05) is 6.92 Å². The smallest absolute Gasteiger partial charge is 0.253 e. The maximum Gasteiger partial charge on any atom is 0.253 e. The van der Waals surface area contributed by atoms with Gasteiger partial charge in [-0.05, 0) is 45.4 Å². The average Bonchev–Trinajstić information content (AvgIpc) is 2.30. The SMILES string of the molecule is CC[C@H](C)Nc1ccc(N)cc1C(=O)NC(C)C. The Hall–Kier alpha value is -1.71. The van der Waals surface area contributed by atoms with Crippen LogP contribution < -0.4 is 16.4 Å². The molecule has 1 atom stereocenters. The standard InChI is InChI=1S/C14H23N3O/c1-5-10(4)17-13-7-6-11(15)8-12(13)14(18)16-9(2)3/h6-10,17H,5,15H2,1-4H3,(H,16,18)/t10-/m0/s1.